The number of ether oxygens (including phenoxy) is 1. The monoisotopic (exact) mass is 219 g/mol. The Morgan fingerprint density at radius 2 is 2.44 bits per heavy atom. The average molecular weight is 220 g/mol. The molecule has 0 unspecified atom stereocenters. The van der Waals surface area contributed by atoms with E-state index in [1.165, 1.54) is 0 Å². The first-order valence-electron chi connectivity index (χ1n) is 2.33. The first-order valence-corrected chi connectivity index (χ1v) is 4.22. The van der Waals surface area contributed by atoms with E-state index in [-0.39, 0.29) is 0 Å². The molecular formula is C5H5O2SZr. The number of methoxy groups -OCH3 is 1. The first kappa shape index (κ1) is 7.29. The molecule has 4 heteroatoms. The van der Waals surface area contributed by atoms with Gasteiger partial charge in [-0.2, -0.15) is 0 Å². The molecule has 0 fully saturated rings. The van der Waals surface area contributed by atoms with E-state index in [0.29, 0.717) is 0 Å². The summed E-state index contributed by atoms with van der Waals surface area (Å²) in [5, 5.41) is 2.81. The molecule has 0 spiro atoms. The Morgan fingerprint density at radius 1 is 1.67 bits per heavy atom. The number of thiophene rings is 1. The molecular weight excluding hydrogens is 215 g/mol. The van der Waals surface area contributed by atoms with E-state index in [4.69, 9.17) is 7.55 Å². The second-order valence-corrected chi connectivity index (χ2v) is 2.76. The van der Waals surface area contributed by atoms with Crippen molar-refractivity contribution in [3.8, 4) is 10.8 Å². The van der Waals surface area contributed by atoms with Crippen LogP contribution in [0.25, 0.3) is 0 Å². The van der Waals surface area contributed by atoms with Crippen molar-refractivity contribution in [1.29, 1.82) is 0 Å². The molecule has 0 aliphatic carbocycles. The Morgan fingerprint density at radius 3 is 2.89 bits per heavy atom. The summed E-state index contributed by atoms with van der Waals surface area (Å²) in [6.45, 7) is 0. The maximum atomic E-state index is 5.06. The minimum atomic E-state index is 0.830. The van der Waals surface area contributed by atoms with Crippen LogP contribution >= 0.6 is 11.3 Å². The van der Waals surface area contributed by atoms with Gasteiger partial charge >= 0.3 is 73.4 Å². The van der Waals surface area contributed by atoms with Crippen LogP contribution in [0.15, 0.2) is 11.4 Å². The van der Waals surface area contributed by atoms with Gasteiger partial charge in [-0.1, -0.05) is 0 Å². The van der Waals surface area contributed by atoms with E-state index in [9.17, 15) is 0 Å². The van der Waals surface area contributed by atoms with Crippen molar-refractivity contribution in [3.63, 3.8) is 0 Å². The van der Waals surface area contributed by atoms with Gasteiger partial charge < -0.3 is 0 Å². The molecule has 1 rings (SSSR count). The van der Waals surface area contributed by atoms with Crippen LogP contribution in [-0.2, 0) is 25.2 Å². The summed E-state index contributed by atoms with van der Waals surface area (Å²) in [6.07, 6.45) is 0. The molecule has 1 heterocycles. The molecule has 0 aliphatic heterocycles. The summed E-state index contributed by atoms with van der Waals surface area (Å²) in [7, 11) is 1.64. The fraction of sp³-hybridized carbons (Fsp3) is 0.200. The SMILES string of the molecule is COc1ccsc1[O][Zr]. The molecule has 0 bridgehead atoms. The Labute approximate surface area is 73.3 Å². The van der Waals surface area contributed by atoms with Gasteiger partial charge in [-0.3, -0.25) is 0 Å². The van der Waals surface area contributed by atoms with Crippen LogP contribution in [0, 0.1) is 0 Å². The molecule has 1 aromatic rings. The summed E-state index contributed by atoms with van der Waals surface area (Å²) in [5.41, 5.74) is 0. The summed E-state index contributed by atoms with van der Waals surface area (Å²) < 4.78 is 10.0. The van der Waals surface area contributed by atoms with Crippen LogP contribution in [0.1, 0.15) is 0 Å². The Hall–Kier alpha value is 0.183. The second kappa shape index (κ2) is 3.38. The van der Waals surface area contributed by atoms with Crippen molar-refractivity contribution < 1.29 is 32.7 Å². The van der Waals surface area contributed by atoms with E-state index in [2.05, 4.69) is 0 Å². The van der Waals surface area contributed by atoms with Crippen molar-refractivity contribution in [3.05, 3.63) is 11.4 Å². The third-order valence-corrected chi connectivity index (χ3v) is 2.54. The van der Waals surface area contributed by atoms with Crippen LogP contribution in [0.4, 0.5) is 0 Å². The minimum absolute atomic E-state index is 0.830. The summed E-state index contributed by atoms with van der Waals surface area (Å²) in [4.78, 5) is 0. The molecule has 0 aromatic carbocycles. The van der Waals surface area contributed by atoms with Crippen molar-refractivity contribution in [1.82, 2.24) is 0 Å². The second-order valence-electron chi connectivity index (χ2n) is 1.38. The van der Waals surface area contributed by atoms with E-state index < -0.39 is 0 Å². The zero-order chi connectivity index (χ0) is 6.69. The normalized spacial score (nSPS) is 8.89. The molecule has 0 saturated carbocycles. The third kappa shape index (κ3) is 1.56. The van der Waals surface area contributed by atoms with Crippen LogP contribution in [0.3, 0.4) is 0 Å². The topological polar surface area (TPSA) is 18.5 Å². The van der Waals surface area contributed by atoms with Gasteiger partial charge in [0.25, 0.3) is 0 Å². The molecule has 0 aliphatic rings. The van der Waals surface area contributed by atoms with Crippen LogP contribution in [-0.4, -0.2) is 7.11 Å². The predicted molar refractivity (Wildman–Crippen MR) is 31.5 cm³/mol. The Kier molecular flexibility index (Phi) is 2.74. The Bertz CT molecular complexity index is 168. The molecule has 0 N–H and O–H groups in total. The quantitative estimate of drug-likeness (QED) is 0.754. The summed E-state index contributed by atoms with van der Waals surface area (Å²) in [6, 6.07) is 1.89. The predicted octanol–water partition coefficient (Wildman–Crippen LogP) is 1.60. The fourth-order valence-corrected chi connectivity index (χ4v) is 1.74. The van der Waals surface area contributed by atoms with Gasteiger partial charge in [0.1, 0.15) is 0 Å². The molecule has 0 amide bonds. The Balaban J connectivity index is 2.85. The molecule has 2 nitrogen and oxygen atoms in total. The molecule has 1 aromatic heterocycles. The van der Waals surface area contributed by atoms with Crippen molar-refractivity contribution >= 4 is 11.3 Å². The van der Waals surface area contributed by atoms with Crippen LogP contribution < -0.4 is 7.55 Å². The first-order chi connectivity index (χ1) is 4.38. The fourth-order valence-electron chi connectivity index (χ4n) is 0.509. The van der Waals surface area contributed by atoms with E-state index in [1.54, 1.807) is 18.4 Å². The number of hydrogen-bond donors (Lipinski definition) is 0. The van der Waals surface area contributed by atoms with E-state index in [0.717, 1.165) is 36.0 Å². The average Bonchev–Trinajstić information content (AvgIpc) is 2.33. The zero-order valence-corrected chi connectivity index (χ0v) is 8.15. The molecule has 47 valence electrons. The summed E-state index contributed by atoms with van der Waals surface area (Å²) in [5.74, 6) is 0.830. The van der Waals surface area contributed by atoms with Gasteiger partial charge in [0, 0.05) is 0 Å². The third-order valence-electron chi connectivity index (χ3n) is 0.908. The summed E-state index contributed by atoms with van der Waals surface area (Å²) >= 11 is 2.59. The van der Waals surface area contributed by atoms with Gasteiger partial charge in [-0.05, 0) is 0 Å². The van der Waals surface area contributed by atoms with Gasteiger partial charge in [0.05, 0.1) is 0 Å². The zero-order valence-electron chi connectivity index (χ0n) is 4.88. The van der Waals surface area contributed by atoms with E-state index in [1.807, 2.05) is 11.4 Å². The van der Waals surface area contributed by atoms with Crippen LogP contribution in [0.5, 0.6) is 10.8 Å². The standard InChI is InChI=1S/C5H6O2S.Zr/c1-7-4-2-3-8-5(4)6;/h2-3,6H,1H3;/q;+1/p-1. The van der Waals surface area contributed by atoms with Gasteiger partial charge in [-0.15, -0.1) is 0 Å². The molecule has 0 atom stereocenters. The molecule has 0 radical (unpaired) electrons. The molecule has 9 heavy (non-hydrogen) atoms. The van der Waals surface area contributed by atoms with Crippen molar-refractivity contribution in [2.45, 2.75) is 0 Å². The molecule has 0 saturated heterocycles. The van der Waals surface area contributed by atoms with Crippen LogP contribution in [0.2, 0.25) is 0 Å². The van der Waals surface area contributed by atoms with Gasteiger partial charge in [0.2, 0.25) is 0 Å². The van der Waals surface area contributed by atoms with Crippen molar-refractivity contribution in [2.24, 2.45) is 0 Å². The van der Waals surface area contributed by atoms with Gasteiger partial charge in [-0.25, -0.2) is 0 Å². The van der Waals surface area contributed by atoms with Crippen molar-refractivity contribution in [2.75, 3.05) is 7.11 Å². The maximum absolute atomic E-state index is 5.06. The van der Waals surface area contributed by atoms with E-state index >= 15 is 0 Å². The number of rotatable bonds is 2. The number of hydrogen-bond acceptors (Lipinski definition) is 3. The van der Waals surface area contributed by atoms with Gasteiger partial charge in [0.15, 0.2) is 0 Å².